The molecular weight excluding hydrogens is 223 g/mol. The summed E-state index contributed by atoms with van der Waals surface area (Å²) >= 11 is 0. The Labute approximate surface area is 97.2 Å². The van der Waals surface area contributed by atoms with E-state index in [4.69, 9.17) is 10.8 Å². The molecule has 1 heterocycles. The van der Waals surface area contributed by atoms with Crippen LogP contribution in [0.25, 0.3) is 10.9 Å². The minimum atomic E-state index is -1.04. The first-order valence-electron chi connectivity index (χ1n) is 5.24. The predicted molar refractivity (Wildman–Crippen MR) is 62.4 cm³/mol. The molecule has 2 rings (SSSR count). The number of hydrogen-bond acceptors (Lipinski definition) is 2. The summed E-state index contributed by atoms with van der Waals surface area (Å²) in [5, 5.41) is 9.69. The average Bonchev–Trinajstić information content (AvgIpc) is 2.62. The predicted octanol–water partition coefficient (Wildman–Crippen LogP) is 1.74. The molecule has 4 N–H and O–H groups in total. The lowest BCUT2D eigenvalue weighted by molar-refractivity contribution is -0.138. The van der Waals surface area contributed by atoms with E-state index in [0.717, 1.165) is 5.56 Å². The molecule has 5 heteroatoms. The third-order valence-corrected chi connectivity index (χ3v) is 2.91. The van der Waals surface area contributed by atoms with Gasteiger partial charge in [0.05, 0.1) is 11.4 Å². The topological polar surface area (TPSA) is 79.1 Å². The highest BCUT2D eigenvalue weighted by atomic mass is 19.1. The van der Waals surface area contributed by atoms with Crippen LogP contribution in [-0.2, 0) is 4.79 Å². The van der Waals surface area contributed by atoms with Gasteiger partial charge in [0.25, 0.3) is 0 Å². The standard InChI is InChI=1S/C12H13FN2O2/c1-6-5-15-11-8(6)2-7(3-10(11)13)9(4-14)12(16)17/h2-3,5,9,15H,4,14H2,1H3,(H,16,17). The summed E-state index contributed by atoms with van der Waals surface area (Å²) in [5.74, 6) is -2.37. The number of nitrogens with one attached hydrogen (secondary N) is 1. The molecule has 0 amide bonds. The Balaban J connectivity index is 2.62. The van der Waals surface area contributed by atoms with Gasteiger partial charge in [0, 0.05) is 18.1 Å². The average molecular weight is 236 g/mol. The molecule has 0 saturated carbocycles. The van der Waals surface area contributed by atoms with Gasteiger partial charge in [0.15, 0.2) is 0 Å². The zero-order valence-corrected chi connectivity index (χ0v) is 9.33. The lowest BCUT2D eigenvalue weighted by atomic mass is 9.97. The summed E-state index contributed by atoms with van der Waals surface area (Å²) < 4.78 is 13.8. The molecule has 1 aromatic carbocycles. The summed E-state index contributed by atoms with van der Waals surface area (Å²) in [6, 6.07) is 2.90. The Morgan fingerprint density at radius 2 is 2.29 bits per heavy atom. The third-order valence-electron chi connectivity index (χ3n) is 2.91. The van der Waals surface area contributed by atoms with Crippen LogP contribution in [0.1, 0.15) is 17.0 Å². The molecule has 1 atom stereocenters. The molecule has 0 aliphatic carbocycles. The Kier molecular flexibility index (Phi) is 2.85. The van der Waals surface area contributed by atoms with Gasteiger partial charge in [-0.25, -0.2) is 4.39 Å². The van der Waals surface area contributed by atoms with Crippen molar-refractivity contribution in [1.29, 1.82) is 0 Å². The van der Waals surface area contributed by atoms with Crippen LogP contribution in [0.15, 0.2) is 18.3 Å². The number of carboxylic acid groups (broad SMARTS) is 1. The normalized spacial score (nSPS) is 12.9. The van der Waals surface area contributed by atoms with Gasteiger partial charge in [0.2, 0.25) is 0 Å². The van der Waals surface area contributed by atoms with Gasteiger partial charge < -0.3 is 15.8 Å². The number of aromatic amines is 1. The van der Waals surface area contributed by atoms with Crippen LogP contribution in [0.2, 0.25) is 0 Å². The molecule has 0 aliphatic heterocycles. The molecular formula is C12H13FN2O2. The zero-order chi connectivity index (χ0) is 12.6. The van der Waals surface area contributed by atoms with Gasteiger partial charge in [-0.3, -0.25) is 4.79 Å². The van der Waals surface area contributed by atoms with E-state index in [2.05, 4.69) is 4.98 Å². The van der Waals surface area contributed by atoms with Crippen molar-refractivity contribution in [2.75, 3.05) is 6.54 Å². The van der Waals surface area contributed by atoms with Crippen LogP contribution in [0, 0.1) is 12.7 Å². The smallest absolute Gasteiger partial charge is 0.312 e. The summed E-state index contributed by atoms with van der Waals surface area (Å²) in [6.45, 7) is 1.78. The number of nitrogens with two attached hydrogens (primary N) is 1. The van der Waals surface area contributed by atoms with Crippen molar-refractivity contribution < 1.29 is 14.3 Å². The monoisotopic (exact) mass is 236 g/mol. The fourth-order valence-electron chi connectivity index (χ4n) is 1.92. The maximum atomic E-state index is 13.8. The molecule has 17 heavy (non-hydrogen) atoms. The number of hydrogen-bond donors (Lipinski definition) is 3. The van der Waals surface area contributed by atoms with Crippen molar-refractivity contribution in [2.24, 2.45) is 5.73 Å². The minimum Gasteiger partial charge on any atom is -0.481 e. The first-order valence-corrected chi connectivity index (χ1v) is 5.24. The molecule has 1 unspecified atom stereocenters. The molecule has 2 aromatic rings. The number of H-pyrrole nitrogens is 1. The SMILES string of the molecule is Cc1c[nH]c2c(F)cc(C(CN)C(=O)O)cc12. The minimum absolute atomic E-state index is 0.0518. The molecule has 0 aliphatic rings. The molecule has 0 spiro atoms. The summed E-state index contributed by atoms with van der Waals surface area (Å²) in [7, 11) is 0. The van der Waals surface area contributed by atoms with Crippen LogP contribution in [-0.4, -0.2) is 22.6 Å². The number of rotatable bonds is 3. The van der Waals surface area contributed by atoms with E-state index < -0.39 is 17.7 Å². The Morgan fingerprint density at radius 3 is 2.88 bits per heavy atom. The van der Waals surface area contributed by atoms with Gasteiger partial charge in [-0.15, -0.1) is 0 Å². The number of fused-ring (bicyclic) bond motifs is 1. The summed E-state index contributed by atoms with van der Waals surface area (Å²) in [6.07, 6.45) is 1.69. The van der Waals surface area contributed by atoms with E-state index in [9.17, 15) is 9.18 Å². The quantitative estimate of drug-likeness (QED) is 0.759. The highest BCUT2D eigenvalue weighted by Gasteiger charge is 2.20. The van der Waals surface area contributed by atoms with Gasteiger partial charge in [-0.05, 0) is 30.2 Å². The number of aromatic nitrogens is 1. The Bertz CT molecular complexity index is 577. The van der Waals surface area contributed by atoms with Crippen molar-refractivity contribution in [3.05, 3.63) is 35.3 Å². The van der Waals surface area contributed by atoms with E-state index in [-0.39, 0.29) is 6.54 Å². The number of carbonyl (C=O) groups is 1. The fraction of sp³-hybridized carbons (Fsp3) is 0.250. The van der Waals surface area contributed by atoms with E-state index in [1.807, 2.05) is 6.92 Å². The highest BCUT2D eigenvalue weighted by Crippen LogP contribution is 2.26. The fourth-order valence-corrected chi connectivity index (χ4v) is 1.92. The van der Waals surface area contributed by atoms with E-state index in [1.165, 1.54) is 6.07 Å². The second-order valence-electron chi connectivity index (χ2n) is 4.02. The largest absolute Gasteiger partial charge is 0.481 e. The van der Waals surface area contributed by atoms with Crippen LogP contribution in [0.4, 0.5) is 4.39 Å². The highest BCUT2D eigenvalue weighted by molar-refractivity contribution is 5.86. The van der Waals surface area contributed by atoms with Crippen molar-refractivity contribution >= 4 is 16.9 Å². The van der Waals surface area contributed by atoms with Crippen molar-refractivity contribution in [3.63, 3.8) is 0 Å². The second kappa shape index (κ2) is 4.18. The first-order chi connectivity index (χ1) is 8.04. The van der Waals surface area contributed by atoms with Crippen LogP contribution in [0.5, 0.6) is 0 Å². The van der Waals surface area contributed by atoms with Crippen LogP contribution < -0.4 is 5.73 Å². The molecule has 0 bridgehead atoms. The van der Waals surface area contributed by atoms with Crippen molar-refractivity contribution in [2.45, 2.75) is 12.8 Å². The molecule has 90 valence electrons. The maximum Gasteiger partial charge on any atom is 0.312 e. The van der Waals surface area contributed by atoms with Crippen LogP contribution >= 0.6 is 0 Å². The molecule has 0 fully saturated rings. The van der Waals surface area contributed by atoms with E-state index in [1.54, 1.807) is 12.3 Å². The Hall–Kier alpha value is -1.88. The number of aliphatic carboxylic acids is 1. The number of carboxylic acids is 1. The second-order valence-corrected chi connectivity index (χ2v) is 4.02. The number of halogens is 1. The first kappa shape index (κ1) is 11.6. The third kappa shape index (κ3) is 1.89. The maximum absolute atomic E-state index is 13.8. The van der Waals surface area contributed by atoms with Crippen molar-refractivity contribution in [3.8, 4) is 0 Å². The molecule has 1 aromatic heterocycles. The molecule has 0 radical (unpaired) electrons. The number of benzene rings is 1. The summed E-state index contributed by atoms with van der Waals surface area (Å²) in [4.78, 5) is 13.8. The lowest BCUT2D eigenvalue weighted by Gasteiger charge is -2.10. The van der Waals surface area contributed by atoms with Gasteiger partial charge in [0.1, 0.15) is 5.82 Å². The number of aryl methyl sites for hydroxylation is 1. The van der Waals surface area contributed by atoms with Gasteiger partial charge in [-0.1, -0.05) is 0 Å². The van der Waals surface area contributed by atoms with Crippen molar-refractivity contribution in [1.82, 2.24) is 4.98 Å². The lowest BCUT2D eigenvalue weighted by Crippen LogP contribution is -2.21. The Morgan fingerprint density at radius 1 is 1.59 bits per heavy atom. The van der Waals surface area contributed by atoms with E-state index in [0.29, 0.717) is 16.5 Å². The van der Waals surface area contributed by atoms with Crippen LogP contribution in [0.3, 0.4) is 0 Å². The summed E-state index contributed by atoms with van der Waals surface area (Å²) in [5.41, 5.74) is 7.07. The zero-order valence-electron chi connectivity index (χ0n) is 9.33. The molecule has 0 saturated heterocycles. The van der Waals surface area contributed by atoms with Gasteiger partial charge >= 0.3 is 5.97 Å². The van der Waals surface area contributed by atoms with Gasteiger partial charge in [-0.2, -0.15) is 0 Å². The molecule has 4 nitrogen and oxygen atoms in total. The van der Waals surface area contributed by atoms with E-state index >= 15 is 0 Å².